The second kappa shape index (κ2) is 10.8. The maximum absolute atomic E-state index is 12.9. The van der Waals surface area contributed by atoms with Crippen molar-refractivity contribution in [2.45, 2.75) is 6.61 Å². The largest absolute Gasteiger partial charge is 0.488 e. The summed E-state index contributed by atoms with van der Waals surface area (Å²) in [6, 6.07) is 19.0. The number of ketones is 1. The number of carbonyl (C=O) groups is 3. The van der Waals surface area contributed by atoms with E-state index in [9.17, 15) is 14.4 Å². The molecule has 1 aliphatic heterocycles. The van der Waals surface area contributed by atoms with Gasteiger partial charge in [-0.15, -0.1) is 0 Å². The minimum Gasteiger partial charge on any atom is -0.488 e. The van der Waals surface area contributed by atoms with Crippen molar-refractivity contribution in [3.8, 4) is 5.75 Å². The lowest BCUT2D eigenvalue weighted by Gasteiger charge is -2.12. The molecule has 1 saturated heterocycles. The normalized spacial score (nSPS) is 14.7. The van der Waals surface area contributed by atoms with Crippen LogP contribution in [0.4, 0.5) is 4.79 Å². The molecular formula is C25H16BrCl2NO4S. The summed E-state index contributed by atoms with van der Waals surface area (Å²) >= 11 is 16.0. The Balaban J connectivity index is 1.52. The summed E-state index contributed by atoms with van der Waals surface area (Å²) in [6.45, 7) is -0.0429. The van der Waals surface area contributed by atoms with E-state index in [0.29, 0.717) is 33.5 Å². The van der Waals surface area contributed by atoms with E-state index in [1.54, 1.807) is 54.6 Å². The minimum atomic E-state index is -0.527. The molecule has 0 aliphatic carbocycles. The van der Waals surface area contributed by atoms with Crippen LogP contribution in [0.25, 0.3) is 6.08 Å². The number of amides is 2. The van der Waals surface area contributed by atoms with E-state index < -0.39 is 11.1 Å². The maximum atomic E-state index is 12.9. The maximum Gasteiger partial charge on any atom is 0.293 e. The monoisotopic (exact) mass is 575 g/mol. The molecule has 0 atom stereocenters. The smallest absolute Gasteiger partial charge is 0.293 e. The third-order valence-corrected chi connectivity index (χ3v) is 6.81. The van der Waals surface area contributed by atoms with Crippen molar-refractivity contribution in [3.05, 3.63) is 103 Å². The fraction of sp³-hybridized carbons (Fsp3) is 0.0800. The molecular weight excluding hydrogens is 561 g/mol. The van der Waals surface area contributed by atoms with Crippen LogP contribution in [0.1, 0.15) is 21.5 Å². The molecule has 5 nitrogen and oxygen atoms in total. The average molecular weight is 577 g/mol. The van der Waals surface area contributed by atoms with Crippen molar-refractivity contribution in [2.24, 2.45) is 0 Å². The molecule has 34 heavy (non-hydrogen) atoms. The fourth-order valence-corrected chi connectivity index (χ4v) is 4.61. The van der Waals surface area contributed by atoms with Crippen LogP contribution in [0.5, 0.6) is 5.75 Å². The van der Waals surface area contributed by atoms with Crippen LogP contribution in [0.15, 0.2) is 76.1 Å². The first-order chi connectivity index (χ1) is 16.3. The summed E-state index contributed by atoms with van der Waals surface area (Å²) in [4.78, 5) is 39.1. The van der Waals surface area contributed by atoms with Gasteiger partial charge in [-0.2, -0.15) is 0 Å². The minimum absolute atomic E-state index is 0.211. The van der Waals surface area contributed by atoms with Crippen LogP contribution in [-0.4, -0.2) is 28.4 Å². The zero-order valence-electron chi connectivity index (χ0n) is 17.5. The number of benzene rings is 3. The highest BCUT2D eigenvalue weighted by atomic mass is 79.9. The molecule has 0 saturated carbocycles. The molecule has 3 aromatic carbocycles. The van der Waals surface area contributed by atoms with Gasteiger partial charge in [-0.1, -0.05) is 51.3 Å². The summed E-state index contributed by atoms with van der Waals surface area (Å²) in [7, 11) is 0. The van der Waals surface area contributed by atoms with Gasteiger partial charge in [0.25, 0.3) is 11.1 Å². The van der Waals surface area contributed by atoms with E-state index >= 15 is 0 Å². The summed E-state index contributed by atoms with van der Waals surface area (Å²) in [6.07, 6.45) is 1.60. The Morgan fingerprint density at radius 2 is 1.62 bits per heavy atom. The van der Waals surface area contributed by atoms with E-state index in [1.807, 2.05) is 18.2 Å². The number of hydrogen-bond donors (Lipinski definition) is 0. The Kier molecular flexibility index (Phi) is 7.78. The van der Waals surface area contributed by atoms with Gasteiger partial charge in [0, 0.05) is 25.6 Å². The molecule has 172 valence electrons. The lowest BCUT2D eigenvalue weighted by molar-refractivity contribution is -0.122. The van der Waals surface area contributed by atoms with Crippen molar-refractivity contribution < 1.29 is 19.1 Å². The Labute approximate surface area is 218 Å². The van der Waals surface area contributed by atoms with Gasteiger partial charge in [-0.05, 0) is 78.0 Å². The van der Waals surface area contributed by atoms with Gasteiger partial charge in [0.05, 0.1) is 11.4 Å². The Hall–Kier alpha value is -2.58. The van der Waals surface area contributed by atoms with Crippen molar-refractivity contribution >= 4 is 73.9 Å². The predicted octanol–water partition coefficient (Wildman–Crippen LogP) is 7.25. The van der Waals surface area contributed by atoms with Crippen molar-refractivity contribution in [1.29, 1.82) is 0 Å². The molecule has 9 heteroatoms. The number of ether oxygens (including phenoxy) is 1. The molecule has 4 rings (SSSR count). The first-order valence-electron chi connectivity index (χ1n) is 10.0. The Morgan fingerprint density at radius 3 is 2.29 bits per heavy atom. The molecule has 3 aromatic rings. The van der Waals surface area contributed by atoms with Crippen LogP contribution in [0, 0.1) is 0 Å². The van der Waals surface area contributed by atoms with Gasteiger partial charge >= 0.3 is 0 Å². The highest BCUT2D eigenvalue weighted by Gasteiger charge is 2.36. The molecule has 0 N–H and O–H groups in total. The summed E-state index contributed by atoms with van der Waals surface area (Å²) in [5, 5.41) is 0.629. The number of imide groups is 1. The third-order valence-electron chi connectivity index (χ3n) is 4.91. The quantitative estimate of drug-likeness (QED) is 0.219. The first-order valence-corrected chi connectivity index (χ1v) is 12.4. The average Bonchev–Trinajstić information content (AvgIpc) is 3.07. The Bertz CT molecular complexity index is 1290. The second-order valence-electron chi connectivity index (χ2n) is 7.30. The number of hydrogen-bond acceptors (Lipinski definition) is 5. The zero-order valence-corrected chi connectivity index (χ0v) is 21.4. The van der Waals surface area contributed by atoms with Crippen molar-refractivity contribution in [2.75, 3.05) is 6.54 Å². The van der Waals surface area contributed by atoms with E-state index in [1.165, 1.54) is 0 Å². The second-order valence-corrected chi connectivity index (χ2v) is 10.1. The van der Waals surface area contributed by atoms with Crippen molar-refractivity contribution in [1.82, 2.24) is 4.90 Å². The van der Waals surface area contributed by atoms with Gasteiger partial charge in [0.1, 0.15) is 12.4 Å². The van der Waals surface area contributed by atoms with E-state index in [2.05, 4.69) is 15.9 Å². The molecule has 1 heterocycles. The summed E-state index contributed by atoms with van der Waals surface area (Å²) < 4.78 is 6.74. The molecule has 0 aromatic heterocycles. The molecule has 0 radical (unpaired) electrons. The molecule has 0 bridgehead atoms. The van der Waals surface area contributed by atoms with Crippen LogP contribution in [0.2, 0.25) is 10.0 Å². The first kappa shape index (κ1) is 24.5. The van der Waals surface area contributed by atoms with Gasteiger partial charge in [-0.3, -0.25) is 19.3 Å². The molecule has 1 aliphatic rings. The lowest BCUT2D eigenvalue weighted by atomic mass is 10.1. The lowest BCUT2D eigenvalue weighted by Crippen LogP contribution is -2.33. The Morgan fingerprint density at radius 1 is 0.971 bits per heavy atom. The predicted molar refractivity (Wildman–Crippen MR) is 138 cm³/mol. The molecule has 2 amide bonds. The van der Waals surface area contributed by atoms with Gasteiger partial charge in [0.15, 0.2) is 5.78 Å². The van der Waals surface area contributed by atoms with Crippen LogP contribution in [0.3, 0.4) is 0 Å². The van der Waals surface area contributed by atoms with Gasteiger partial charge in [0.2, 0.25) is 0 Å². The van der Waals surface area contributed by atoms with E-state index in [-0.39, 0.29) is 17.2 Å². The van der Waals surface area contributed by atoms with Gasteiger partial charge < -0.3 is 4.74 Å². The standard InChI is InChI=1S/C25H16BrCl2NO4S/c26-18-5-10-22(33-14-15-1-6-19(27)7-2-15)17(11-18)12-23-24(31)29(25(32)34-23)13-21(30)16-3-8-20(28)9-4-16/h1-12H,13-14H2/b23-12+. The topological polar surface area (TPSA) is 63.7 Å². The number of Topliss-reactive ketones (excluding diaryl/α,β-unsaturated/α-hetero) is 1. The fourth-order valence-electron chi connectivity index (χ4n) is 3.15. The van der Waals surface area contributed by atoms with E-state index in [0.717, 1.165) is 26.7 Å². The summed E-state index contributed by atoms with van der Waals surface area (Å²) in [5.41, 5.74) is 1.93. The number of halogens is 3. The third kappa shape index (κ3) is 5.91. The van der Waals surface area contributed by atoms with Gasteiger partial charge in [-0.25, -0.2) is 0 Å². The number of thioether (sulfide) groups is 1. The molecule has 0 unspecified atom stereocenters. The molecule has 0 spiro atoms. The highest BCUT2D eigenvalue weighted by molar-refractivity contribution is 9.10. The molecule has 1 fully saturated rings. The number of rotatable bonds is 7. The summed E-state index contributed by atoms with van der Waals surface area (Å²) in [5.74, 6) is -0.335. The highest BCUT2D eigenvalue weighted by Crippen LogP contribution is 2.35. The van der Waals surface area contributed by atoms with Crippen molar-refractivity contribution in [3.63, 3.8) is 0 Å². The SMILES string of the molecule is O=C(CN1C(=O)S/C(=C/c2cc(Br)ccc2OCc2ccc(Cl)cc2)C1=O)c1ccc(Cl)cc1. The van der Waals surface area contributed by atoms with Crippen LogP contribution < -0.4 is 4.74 Å². The zero-order chi connectivity index (χ0) is 24.2. The van der Waals surface area contributed by atoms with Crippen LogP contribution in [-0.2, 0) is 11.4 Å². The van der Waals surface area contributed by atoms with Crippen LogP contribution >= 0.6 is 50.9 Å². The number of carbonyl (C=O) groups excluding carboxylic acids is 3. The number of nitrogens with zero attached hydrogens (tertiary/aromatic N) is 1. The van der Waals surface area contributed by atoms with E-state index in [4.69, 9.17) is 27.9 Å².